The minimum Gasteiger partial charge on any atom is -0.319 e. The highest BCUT2D eigenvalue weighted by atomic mass is 35.5. The van der Waals surface area contributed by atoms with E-state index in [9.17, 15) is 13.2 Å². The summed E-state index contributed by atoms with van der Waals surface area (Å²) in [5.74, 6) is 0. The van der Waals surface area contributed by atoms with Crippen LogP contribution in [-0.4, -0.2) is 9.55 Å². The number of halogens is 4. The molecule has 0 saturated heterocycles. The highest BCUT2D eigenvalue weighted by Crippen LogP contribution is 2.33. The molecule has 3 heterocycles. The van der Waals surface area contributed by atoms with Gasteiger partial charge >= 0.3 is 6.18 Å². The summed E-state index contributed by atoms with van der Waals surface area (Å²) in [5.41, 5.74) is 4.26. The first-order valence-corrected chi connectivity index (χ1v) is 7.98. The lowest BCUT2D eigenvalue weighted by atomic mass is 10.1. The number of pyridine rings is 1. The third-order valence-electron chi connectivity index (χ3n) is 4.61. The van der Waals surface area contributed by atoms with E-state index in [0.717, 1.165) is 17.4 Å². The van der Waals surface area contributed by atoms with Gasteiger partial charge in [0.05, 0.1) is 11.7 Å². The van der Waals surface area contributed by atoms with Crippen LogP contribution < -0.4 is 5.32 Å². The molecule has 0 radical (unpaired) electrons. The van der Waals surface area contributed by atoms with Gasteiger partial charge in [-0.1, -0.05) is 18.2 Å². The van der Waals surface area contributed by atoms with Gasteiger partial charge in [-0.2, -0.15) is 13.2 Å². The molecule has 136 valence electrons. The van der Waals surface area contributed by atoms with Crippen LogP contribution in [0.25, 0.3) is 5.69 Å². The second-order valence-corrected chi connectivity index (χ2v) is 6.16. The molecule has 1 aliphatic heterocycles. The summed E-state index contributed by atoms with van der Waals surface area (Å²) < 4.78 is 40.4. The fourth-order valence-electron chi connectivity index (χ4n) is 3.33. The van der Waals surface area contributed by atoms with Crippen molar-refractivity contribution in [3.05, 3.63) is 82.9 Å². The Bertz CT molecular complexity index is 917. The molecule has 7 heteroatoms. The minimum atomic E-state index is -4.43. The largest absolute Gasteiger partial charge is 0.433 e. The van der Waals surface area contributed by atoms with E-state index >= 15 is 0 Å². The van der Waals surface area contributed by atoms with Crippen molar-refractivity contribution < 1.29 is 13.2 Å². The molecule has 1 N–H and O–H groups in total. The lowest BCUT2D eigenvalue weighted by Crippen LogP contribution is -2.22. The first kappa shape index (κ1) is 18.5. The Labute approximate surface area is 155 Å². The smallest absolute Gasteiger partial charge is 0.319 e. The zero-order valence-electron chi connectivity index (χ0n) is 13.9. The van der Waals surface area contributed by atoms with E-state index in [-0.39, 0.29) is 18.4 Å². The first-order valence-electron chi connectivity index (χ1n) is 7.98. The molecule has 1 aromatic carbocycles. The monoisotopic (exact) mass is 379 g/mol. The molecule has 3 nitrogen and oxygen atoms in total. The van der Waals surface area contributed by atoms with Crippen LogP contribution in [0.2, 0.25) is 0 Å². The van der Waals surface area contributed by atoms with Gasteiger partial charge in [-0.3, -0.25) is 4.98 Å². The van der Waals surface area contributed by atoms with Gasteiger partial charge in [0.15, 0.2) is 0 Å². The van der Waals surface area contributed by atoms with Crippen LogP contribution in [0.5, 0.6) is 0 Å². The second kappa shape index (κ2) is 6.78. The molecule has 1 atom stereocenters. The first-order chi connectivity index (χ1) is 11.9. The third kappa shape index (κ3) is 3.10. The van der Waals surface area contributed by atoms with Gasteiger partial charge in [-0.25, -0.2) is 0 Å². The number of alkyl halides is 3. The molecule has 0 aliphatic carbocycles. The van der Waals surface area contributed by atoms with Gasteiger partial charge in [0, 0.05) is 24.6 Å². The molecule has 26 heavy (non-hydrogen) atoms. The maximum Gasteiger partial charge on any atom is 0.433 e. The van der Waals surface area contributed by atoms with Crippen LogP contribution >= 0.6 is 12.4 Å². The zero-order valence-corrected chi connectivity index (χ0v) is 14.7. The molecule has 1 unspecified atom stereocenters. The molecule has 0 spiro atoms. The lowest BCUT2D eigenvalue weighted by Gasteiger charge is -2.18. The van der Waals surface area contributed by atoms with Crippen LogP contribution in [0.1, 0.15) is 34.1 Å². The van der Waals surface area contributed by atoms with Crippen molar-refractivity contribution in [2.45, 2.75) is 25.7 Å². The highest BCUT2D eigenvalue weighted by molar-refractivity contribution is 5.85. The van der Waals surface area contributed by atoms with Crippen LogP contribution in [0.3, 0.4) is 0 Å². The fraction of sp³-hybridized carbons (Fsp3) is 0.211. The van der Waals surface area contributed by atoms with Gasteiger partial charge in [-0.05, 0) is 47.9 Å². The average Bonchev–Trinajstić information content (AvgIpc) is 2.99. The molecule has 3 aromatic rings. The van der Waals surface area contributed by atoms with Crippen LogP contribution in [0, 0.1) is 6.92 Å². The van der Waals surface area contributed by atoms with Crippen molar-refractivity contribution in [3.8, 4) is 5.69 Å². The van der Waals surface area contributed by atoms with Crippen molar-refractivity contribution in [2.24, 2.45) is 0 Å². The Balaban J connectivity index is 0.00000196. The Kier molecular flexibility index (Phi) is 4.82. The summed E-state index contributed by atoms with van der Waals surface area (Å²) in [7, 11) is 0. The Morgan fingerprint density at radius 3 is 2.62 bits per heavy atom. The SMILES string of the molecule is Cc1cccc2c1CNC(c1ccc(C(F)(F)F)nc1)c1cccn1-2.Cl. The van der Waals surface area contributed by atoms with Crippen LogP contribution in [0.15, 0.2) is 54.9 Å². The van der Waals surface area contributed by atoms with Crippen molar-refractivity contribution in [1.29, 1.82) is 0 Å². The highest BCUT2D eigenvalue weighted by Gasteiger charge is 2.32. The van der Waals surface area contributed by atoms with Crippen molar-refractivity contribution in [2.75, 3.05) is 0 Å². The van der Waals surface area contributed by atoms with Crippen molar-refractivity contribution in [3.63, 3.8) is 0 Å². The summed E-state index contributed by atoms with van der Waals surface area (Å²) in [6.45, 7) is 2.69. The number of aryl methyl sites for hydroxylation is 1. The van der Waals surface area contributed by atoms with Gasteiger partial charge in [0.2, 0.25) is 0 Å². The van der Waals surface area contributed by atoms with Gasteiger partial charge in [-0.15, -0.1) is 12.4 Å². The topological polar surface area (TPSA) is 29.9 Å². The van der Waals surface area contributed by atoms with E-state index in [2.05, 4.69) is 33.9 Å². The molecule has 0 amide bonds. The maximum atomic E-state index is 12.8. The predicted octanol–water partition coefficient (Wildman–Crippen LogP) is 4.81. The molecule has 0 saturated carbocycles. The quantitative estimate of drug-likeness (QED) is 0.657. The number of rotatable bonds is 1. The van der Waals surface area contributed by atoms with Crippen molar-refractivity contribution in [1.82, 2.24) is 14.9 Å². The number of nitrogens with zero attached hydrogens (tertiary/aromatic N) is 2. The number of benzene rings is 1. The number of hydrogen-bond donors (Lipinski definition) is 1. The Morgan fingerprint density at radius 2 is 1.92 bits per heavy atom. The molecular formula is C19H17ClF3N3. The summed E-state index contributed by atoms with van der Waals surface area (Å²) in [5, 5.41) is 3.45. The van der Waals surface area contributed by atoms with Crippen molar-refractivity contribution >= 4 is 12.4 Å². The molecule has 0 fully saturated rings. The second-order valence-electron chi connectivity index (χ2n) is 6.16. The Hall–Kier alpha value is -2.31. The maximum absolute atomic E-state index is 12.8. The fourth-order valence-corrected chi connectivity index (χ4v) is 3.33. The standard InChI is InChI=1S/C19H16F3N3.ClH/c1-12-4-2-5-15-14(12)11-24-18(16-6-3-9-25(15)16)13-7-8-17(23-10-13)19(20,21)22;/h2-10,18,24H,11H2,1H3;1H. The summed E-state index contributed by atoms with van der Waals surface area (Å²) in [6, 6.07) is 12.4. The van der Waals surface area contributed by atoms with Gasteiger partial charge in [0.25, 0.3) is 0 Å². The molecular weight excluding hydrogens is 363 g/mol. The van der Waals surface area contributed by atoms with E-state index in [1.165, 1.54) is 23.4 Å². The minimum absolute atomic E-state index is 0. The van der Waals surface area contributed by atoms with E-state index in [1.54, 1.807) is 0 Å². The zero-order chi connectivity index (χ0) is 17.6. The molecule has 2 aromatic heterocycles. The van der Waals surface area contributed by atoms with E-state index < -0.39 is 11.9 Å². The third-order valence-corrected chi connectivity index (χ3v) is 4.61. The summed E-state index contributed by atoms with van der Waals surface area (Å²) in [4.78, 5) is 3.61. The van der Waals surface area contributed by atoms with Gasteiger partial charge in [0.1, 0.15) is 5.69 Å². The molecule has 4 rings (SSSR count). The van der Waals surface area contributed by atoms with E-state index in [1.807, 2.05) is 24.4 Å². The summed E-state index contributed by atoms with van der Waals surface area (Å²) >= 11 is 0. The number of nitrogens with one attached hydrogen (secondary N) is 1. The lowest BCUT2D eigenvalue weighted by molar-refractivity contribution is -0.141. The average molecular weight is 380 g/mol. The van der Waals surface area contributed by atoms with Gasteiger partial charge < -0.3 is 9.88 Å². The molecule has 1 aliphatic rings. The van der Waals surface area contributed by atoms with E-state index in [0.29, 0.717) is 12.1 Å². The normalized spacial score (nSPS) is 16.2. The summed E-state index contributed by atoms with van der Waals surface area (Å²) in [6.07, 6.45) is -1.14. The number of fused-ring (bicyclic) bond motifs is 3. The predicted molar refractivity (Wildman–Crippen MR) is 95.7 cm³/mol. The Morgan fingerprint density at radius 1 is 1.12 bits per heavy atom. The van der Waals surface area contributed by atoms with Crippen LogP contribution in [0.4, 0.5) is 13.2 Å². The number of hydrogen-bond acceptors (Lipinski definition) is 2. The molecule has 0 bridgehead atoms. The number of aromatic nitrogens is 2. The van der Waals surface area contributed by atoms with E-state index in [4.69, 9.17) is 0 Å². The van der Waals surface area contributed by atoms with Crippen LogP contribution in [-0.2, 0) is 12.7 Å².